The van der Waals surface area contributed by atoms with Gasteiger partial charge >= 0.3 is 0 Å². The summed E-state index contributed by atoms with van der Waals surface area (Å²) in [6.07, 6.45) is 3.48. The van der Waals surface area contributed by atoms with Gasteiger partial charge in [-0.3, -0.25) is 4.79 Å². The van der Waals surface area contributed by atoms with Gasteiger partial charge in [0.15, 0.2) is 11.5 Å². The van der Waals surface area contributed by atoms with Gasteiger partial charge < -0.3 is 19.1 Å². The summed E-state index contributed by atoms with van der Waals surface area (Å²) >= 11 is 1.76. The van der Waals surface area contributed by atoms with Gasteiger partial charge in [-0.1, -0.05) is 0 Å². The molecule has 1 amide bonds. The normalized spacial score (nSPS) is 19.5. The molecule has 1 saturated heterocycles. The molecule has 150 valence electrons. The number of hydrogen-bond donors (Lipinski definition) is 0. The van der Waals surface area contributed by atoms with Gasteiger partial charge in [0.25, 0.3) is 0 Å². The lowest BCUT2D eigenvalue weighted by Gasteiger charge is -2.24. The fourth-order valence-corrected chi connectivity index (χ4v) is 4.57. The van der Waals surface area contributed by atoms with Crippen LogP contribution in [0.4, 0.5) is 0 Å². The fourth-order valence-electron chi connectivity index (χ4n) is 3.71. The number of ether oxygens (including phenoxy) is 3. The fraction of sp³-hybridized carbons (Fsp3) is 0.500. The lowest BCUT2D eigenvalue weighted by molar-refractivity contribution is -0.129. The van der Waals surface area contributed by atoms with Crippen molar-refractivity contribution in [1.82, 2.24) is 4.90 Å². The Bertz CT molecular complexity index is 841. The second kappa shape index (κ2) is 8.53. The van der Waals surface area contributed by atoms with Crippen LogP contribution in [0.15, 0.2) is 24.3 Å². The molecule has 0 unspecified atom stereocenters. The van der Waals surface area contributed by atoms with E-state index in [1.54, 1.807) is 18.3 Å². The third kappa shape index (κ3) is 4.33. The molecule has 1 atom stereocenters. The quantitative estimate of drug-likeness (QED) is 0.761. The monoisotopic (exact) mass is 401 g/mol. The van der Waals surface area contributed by atoms with E-state index in [-0.39, 0.29) is 12.0 Å². The third-order valence-electron chi connectivity index (χ3n) is 5.27. The van der Waals surface area contributed by atoms with E-state index < -0.39 is 0 Å². The molecule has 28 heavy (non-hydrogen) atoms. The standard InChI is InChI=1S/C22H27NO4S/c1-15-6-7-21(28-15)17-11-18-13-23(16(2)24)8-10-26-22(18)20(12-17)27-14-19-5-3-4-9-25-19/h6-7,11-12,19H,3-5,8-10,13-14H2,1-2H3/t19-/m0/s1. The third-order valence-corrected chi connectivity index (χ3v) is 6.32. The van der Waals surface area contributed by atoms with Crippen molar-refractivity contribution in [3.05, 3.63) is 34.7 Å². The lowest BCUT2D eigenvalue weighted by Crippen LogP contribution is -2.30. The average molecular weight is 402 g/mol. The van der Waals surface area contributed by atoms with Crippen LogP contribution in [0.1, 0.15) is 36.6 Å². The first kappa shape index (κ1) is 19.3. The molecule has 6 heteroatoms. The number of thiophene rings is 1. The van der Waals surface area contributed by atoms with Crippen molar-refractivity contribution in [3.63, 3.8) is 0 Å². The molecule has 1 aromatic heterocycles. The highest BCUT2D eigenvalue weighted by molar-refractivity contribution is 7.15. The molecule has 0 saturated carbocycles. The molecule has 4 rings (SSSR count). The van der Waals surface area contributed by atoms with Gasteiger partial charge in [-0.15, -0.1) is 11.3 Å². The van der Waals surface area contributed by atoms with Gasteiger partial charge in [-0.25, -0.2) is 0 Å². The van der Waals surface area contributed by atoms with Crippen LogP contribution in [0, 0.1) is 6.92 Å². The van der Waals surface area contributed by atoms with Crippen LogP contribution in [-0.4, -0.2) is 43.3 Å². The van der Waals surface area contributed by atoms with Gasteiger partial charge in [-0.2, -0.15) is 0 Å². The first-order valence-corrected chi connectivity index (χ1v) is 10.8. The predicted molar refractivity (Wildman–Crippen MR) is 110 cm³/mol. The highest BCUT2D eigenvalue weighted by Gasteiger charge is 2.23. The van der Waals surface area contributed by atoms with Crippen molar-refractivity contribution >= 4 is 17.2 Å². The number of carbonyl (C=O) groups excluding carboxylic acids is 1. The van der Waals surface area contributed by atoms with Crippen molar-refractivity contribution < 1.29 is 19.0 Å². The molecule has 0 bridgehead atoms. The number of fused-ring (bicyclic) bond motifs is 1. The van der Waals surface area contributed by atoms with Crippen molar-refractivity contribution in [2.75, 3.05) is 26.4 Å². The second-order valence-corrected chi connectivity index (χ2v) is 8.75. The minimum absolute atomic E-state index is 0.0619. The molecule has 0 N–H and O–H groups in total. The van der Waals surface area contributed by atoms with Gasteiger partial charge in [0.2, 0.25) is 5.91 Å². The predicted octanol–water partition coefficient (Wildman–Crippen LogP) is 4.41. The molecule has 5 nitrogen and oxygen atoms in total. The number of hydrogen-bond acceptors (Lipinski definition) is 5. The SMILES string of the molecule is CC(=O)N1CCOc2c(cc(-c3ccc(C)s3)cc2OC[C@@H]2CCCCO2)C1. The zero-order chi connectivity index (χ0) is 19.5. The van der Waals surface area contributed by atoms with Crippen molar-refractivity contribution in [2.45, 2.75) is 45.8 Å². The summed E-state index contributed by atoms with van der Waals surface area (Å²) in [6, 6.07) is 8.46. The van der Waals surface area contributed by atoms with Crippen LogP contribution in [0.3, 0.4) is 0 Å². The maximum Gasteiger partial charge on any atom is 0.219 e. The van der Waals surface area contributed by atoms with E-state index in [4.69, 9.17) is 14.2 Å². The first-order valence-electron chi connectivity index (χ1n) is 9.96. The van der Waals surface area contributed by atoms with Crippen molar-refractivity contribution in [2.24, 2.45) is 0 Å². The Morgan fingerprint density at radius 2 is 2.18 bits per heavy atom. The maximum atomic E-state index is 12.0. The van der Waals surface area contributed by atoms with Crippen molar-refractivity contribution in [3.8, 4) is 21.9 Å². The van der Waals surface area contributed by atoms with Crippen molar-refractivity contribution in [1.29, 1.82) is 0 Å². The van der Waals surface area contributed by atoms with Gasteiger partial charge in [-0.05, 0) is 56.0 Å². The van der Waals surface area contributed by atoms with E-state index in [9.17, 15) is 4.79 Å². The van der Waals surface area contributed by atoms with E-state index >= 15 is 0 Å². The molecule has 3 heterocycles. The minimum Gasteiger partial charge on any atom is -0.487 e. The van der Waals surface area contributed by atoms with Crippen LogP contribution in [0.5, 0.6) is 11.5 Å². The molecule has 1 fully saturated rings. The number of nitrogens with zero attached hydrogens (tertiary/aromatic N) is 1. The van der Waals surface area contributed by atoms with E-state index in [1.165, 1.54) is 16.2 Å². The van der Waals surface area contributed by atoms with Gasteiger partial charge in [0.1, 0.15) is 13.2 Å². The summed E-state index contributed by atoms with van der Waals surface area (Å²) in [4.78, 5) is 16.2. The van der Waals surface area contributed by atoms with E-state index in [1.807, 2.05) is 4.90 Å². The Labute approximate surface area is 170 Å². The Kier molecular flexibility index (Phi) is 5.87. The molecular formula is C22H27NO4S. The molecule has 1 aromatic carbocycles. The Balaban J connectivity index is 1.66. The number of rotatable bonds is 4. The topological polar surface area (TPSA) is 48.0 Å². The van der Waals surface area contributed by atoms with Gasteiger partial charge in [0, 0.05) is 35.4 Å². The summed E-state index contributed by atoms with van der Waals surface area (Å²) in [7, 11) is 0. The Morgan fingerprint density at radius 1 is 1.29 bits per heavy atom. The molecule has 2 aliphatic heterocycles. The lowest BCUT2D eigenvalue weighted by atomic mass is 10.1. The first-order chi connectivity index (χ1) is 13.6. The number of amides is 1. The smallest absolute Gasteiger partial charge is 0.219 e. The highest BCUT2D eigenvalue weighted by Crippen LogP contribution is 2.40. The molecule has 2 aliphatic rings. The van der Waals surface area contributed by atoms with E-state index in [2.05, 4.69) is 31.2 Å². The summed E-state index contributed by atoms with van der Waals surface area (Å²) in [5.74, 6) is 1.57. The summed E-state index contributed by atoms with van der Waals surface area (Å²) < 4.78 is 18.1. The molecule has 0 aliphatic carbocycles. The molecule has 0 spiro atoms. The van der Waals surface area contributed by atoms with Crippen LogP contribution in [-0.2, 0) is 16.1 Å². The van der Waals surface area contributed by atoms with Crippen LogP contribution >= 0.6 is 11.3 Å². The Morgan fingerprint density at radius 3 is 2.89 bits per heavy atom. The van der Waals surface area contributed by atoms with Gasteiger partial charge in [0.05, 0.1) is 12.6 Å². The zero-order valence-corrected chi connectivity index (χ0v) is 17.3. The number of carbonyl (C=O) groups is 1. The summed E-state index contributed by atoms with van der Waals surface area (Å²) in [5.41, 5.74) is 2.10. The van der Waals surface area contributed by atoms with Crippen LogP contribution < -0.4 is 9.47 Å². The van der Waals surface area contributed by atoms with E-state index in [0.717, 1.165) is 42.1 Å². The number of benzene rings is 1. The zero-order valence-electron chi connectivity index (χ0n) is 16.5. The number of aryl methyl sites for hydroxylation is 1. The highest BCUT2D eigenvalue weighted by atomic mass is 32.1. The molecular weight excluding hydrogens is 374 g/mol. The maximum absolute atomic E-state index is 12.0. The molecule has 2 aromatic rings. The Hall–Kier alpha value is -2.05. The van der Waals surface area contributed by atoms with Crippen LogP contribution in [0.25, 0.3) is 10.4 Å². The average Bonchev–Trinajstić information content (AvgIpc) is 3.01. The largest absolute Gasteiger partial charge is 0.487 e. The van der Waals surface area contributed by atoms with Crippen LogP contribution in [0.2, 0.25) is 0 Å². The summed E-state index contributed by atoms with van der Waals surface area (Å²) in [5, 5.41) is 0. The second-order valence-electron chi connectivity index (χ2n) is 7.46. The minimum atomic E-state index is 0.0619. The van der Waals surface area contributed by atoms with E-state index in [0.29, 0.717) is 26.3 Å². The molecule has 0 radical (unpaired) electrons. The summed E-state index contributed by atoms with van der Waals surface area (Å²) in [6.45, 7) is 6.65.